The molecule has 0 radical (unpaired) electrons. The maximum absolute atomic E-state index is 14.0. The van der Waals surface area contributed by atoms with Gasteiger partial charge in [-0.25, -0.2) is 9.07 Å². The first kappa shape index (κ1) is 28.7. The van der Waals surface area contributed by atoms with Gasteiger partial charge in [-0.3, -0.25) is 0 Å². The summed E-state index contributed by atoms with van der Waals surface area (Å²) < 4.78 is 23.1. The number of nitrogens with zero attached hydrogens (tertiary/aromatic N) is 3. The monoisotopic (exact) mass is 587 g/mol. The van der Waals surface area contributed by atoms with Crippen molar-refractivity contribution < 1.29 is 9.13 Å². The first-order valence-electron chi connectivity index (χ1n) is 17.4. The fourth-order valence-electron chi connectivity index (χ4n) is 13.8. The van der Waals surface area contributed by atoms with Crippen LogP contribution in [-0.4, -0.2) is 27.2 Å². The maximum atomic E-state index is 14.0. The van der Waals surface area contributed by atoms with Crippen molar-refractivity contribution in [3.63, 3.8) is 0 Å². The van der Waals surface area contributed by atoms with Gasteiger partial charge in [-0.1, -0.05) is 65.8 Å². The lowest BCUT2D eigenvalue weighted by Gasteiger charge is -2.73. The molecule has 0 N–H and O–H groups in total. The molecule has 5 fully saturated rings. The highest BCUT2D eigenvalue weighted by molar-refractivity contribution is 5.33. The molecule has 0 spiro atoms. The third kappa shape index (κ3) is 3.37. The van der Waals surface area contributed by atoms with E-state index < -0.39 is 0 Å². The van der Waals surface area contributed by atoms with E-state index in [9.17, 15) is 4.39 Å². The first-order chi connectivity index (χ1) is 20.1. The summed E-state index contributed by atoms with van der Waals surface area (Å²) in [6.07, 6.45) is 11.6. The van der Waals surface area contributed by atoms with Crippen molar-refractivity contribution in [1.29, 1.82) is 0 Å². The highest BCUT2D eigenvalue weighted by atomic mass is 19.1. The highest BCUT2D eigenvalue weighted by Crippen LogP contribution is 2.79. The lowest BCUT2D eigenvalue weighted by atomic mass is 9.31. The fourth-order valence-corrected chi connectivity index (χ4v) is 13.8. The molecule has 1 saturated heterocycles. The van der Waals surface area contributed by atoms with E-state index in [-0.39, 0.29) is 27.7 Å². The molecule has 1 aromatic heterocycles. The summed E-state index contributed by atoms with van der Waals surface area (Å²) in [5, 5.41) is 9.60. The second-order valence-corrected chi connectivity index (χ2v) is 18.4. The molecule has 1 aliphatic heterocycles. The second kappa shape index (κ2) is 8.53. The number of halogens is 1. The lowest BCUT2D eigenvalue weighted by Crippen LogP contribution is -2.69. The van der Waals surface area contributed by atoms with Crippen molar-refractivity contribution in [2.75, 3.05) is 6.61 Å². The number of hydrogen-bond donors (Lipinski definition) is 0. The van der Waals surface area contributed by atoms with Crippen LogP contribution in [0.25, 0.3) is 0 Å². The van der Waals surface area contributed by atoms with Crippen molar-refractivity contribution in [2.45, 2.75) is 131 Å². The van der Waals surface area contributed by atoms with Crippen LogP contribution in [-0.2, 0) is 23.1 Å². The molecule has 2 heterocycles. The third-order valence-electron chi connectivity index (χ3n) is 16.3. The summed E-state index contributed by atoms with van der Waals surface area (Å²) in [5.41, 5.74) is 4.85. The molecule has 43 heavy (non-hydrogen) atoms. The van der Waals surface area contributed by atoms with E-state index >= 15 is 0 Å². The van der Waals surface area contributed by atoms with Crippen molar-refractivity contribution in [3.8, 4) is 0 Å². The summed E-state index contributed by atoms with van der Waals surface area (Å²) >= 11 is 0. The molecule has 1 aromatic carbocycles. The average molecular weight is 588 g/mol. The number of fused-ring (bicyclic) bond motifs is 6. The van der Waals surface area contributed by atoms with Gasteiger partial charge in [0.1, 0.15) is 5.82 Å². The Morgan fingerprint density at radius 2 is 1.65 bits per heavy atom. The Bertz CT molecular complexity index is 1480. The maximum Gasteiger partial charge on any atom is 0.123 e. The van der Waals surface area contributed by atoms with Crippen molar-refractivity contribution >= 4 is 0 Å². The van der Waals surface area contributed by atoms with Gasteiger partial charge in [0.15, 0.2) is 0 Å². The van der Waals surface area contributed by atoms with Gasteiger partial charge in [-0.05, 0) is 133 Å². The number of hydrogen-bond acceptors (Lipinski definition) is 3. The largest absolute Gasteiger partial charge is 0.374 e. The van der Waals surface area contributed by atoms with Crippen LogP contribution < -0.4 is 0 Å². The molecule has 4 saturated carbocycles. The first-order valence-corrected chi connectivity index (χ1v) is 17.4. The summed E-state index contributed by atoms with van der Waals surface area (Å²) in [6.45, 7) is 22.1. The van der Waals surface area contributed by atoms with Crippen LogP contribution >= 0.6 is 0 Å². The third-order valence-corrected chi connectivity index (χ3v) is 16.3. The predicted octanol–water partition coefficient (Wildman–Crippen LogP) is 8.76. The number of ether oxygens (including phenoxy) is 1. The minimum Gasteiger partial charge on any atom is -0.374 e. The van der Waals surface area contributed by atoms with Gasteiger partial charge in [0.05, 0.1) is 30.1 Å². The van der Waals surface area contributed by atoms with Crippen LogP contribution in [0.1, 0.15) is 124 Å². The van der Waals surface area contributed by atoms with E-state index in [0.717, 1.165) is 24.5 Å². The van der Waals surface area contributed by atoms with Gasteiger partial charge in [-0.2, -0.15) is 0 Å². The Balaban J connectivity index is 1.16. The average Bonchev–Trinajstić information content (AvgIpc) is 3.44. The molecule has 9 atom stereocenters. The van der Waals surface area contributed by atoms with Gasteiger partial charge in [0.2, 0.25) is 0 Å². The molecule has 4 nitrogen and oxygen atoms in total. The van der Waals surface area contributed by atoms with Crippen LogP contribution in [0.2, 0.25) is 0 Å². The Labute approximate surface area is 258 Å². The van der Waals surface area contributed by atoms with Crippen LogP contribution in [0.5, 0.6) is 0 Å². The molecule has 6 aliphatic rings. The smallest absolute Gasteiger partial charge is 0.123 e. The van der Waals surface area contributed by atoms with E-state index in [4.69, 9.17) is 15.0 Å². The van der Waals surface area contributed by atoms with Crippen LogP contribution in [0.3, 0.4) is 0 Å². The highest BCUT2D eigenvalue weighted by Gasteiger charge is 2.75. The zero-order valence-corrected chi connectivity index (χ0v) is 28.0. The summed E-state index contributed by atoms with van der Waals surface area (Å²) in [4.78, 5) is 0. The predicted molar refractivity (Wildman–Crippen MR) is 168 cm³/mol. The van der Waals surface area contributed by atoms with Crippen LogP contribution in [0, 0.1) is 56.6 Å². The van der Waals surface area contributed by atoms with Gasteiger partial charge in [-0.15, -0.1) is 5.10 Å². The Kier molecular flexibility index (Phi) is 5.70. The van der Waals surface area contributed by atoms with E-state index in [2.05, 4.69) is 60.1 Å². The summed E-state index contributed by atoms with van der Waals surface area (Å²) in [6, 6.07) is 6.96. The van der Waals surface area contributed by atoms with Gasteiger partial charge >= 0.3 is 0 Å². The number of rotatable bonds is 2. The fraction of sp³-hybridized carbons (Fsp3) is 0.789. The molecule has 5 aliphatic carbocycles. The minimum absolute atomic E-state index is 0.0101. The Hall–Kier alpha value is -1.75. The van der Waals surface area contributed by atoms with Gasteiger partial charge < -0.3 is 4.74 Å². The molecule has 2 bridgehead atoms. The molecule has 0 unspecified atom stereocenters. The molecule has 8 rings (SSSR count). The normalized spacial score (nSPS) is 47.1. The van der Waals surface area contributed by atoms with Gasteiger partial charge in [0, 0.05) is 5.41 Å². The van der Waals surface area contributed by atoms with Crippen molar-refractivity contribution in [2.24, 2.45) is 50.7 Å². The molecular weight excluding hydrogens is 533 g/mol. The minimum atomic E-state index is -0.187. The van der Waals surface area contributed by atoms with E-state index in [0.29, 0.717) is 40.5 Å². The van der Waals surface area contributed by atoms with E-state index in [1.807, 2.05) is 6.07 Å². The SMILES string of the molecule is CC1(C)c2c(nnn2Cc2cccc(F)c2)C[C@]2(C)[C@H]3CC[C@@H]4[C@@H]5[C@]6(CCC(C)(C)[C@]5(C)OC6)CC[C@@]4(C)[C@]3(C)CC[C@@H]12. The number of benzene rings is 1. The van der Waals surface area contributed by atoms with Crippen LogP contribution in [0.15, 0.2) is 24.3 Å². The zero-order chi connectivity index (χ0) is 30.4. The molecule has 5 heteroatoms. The van der Waals surface area contributed by atoms with Crippen molar-refractivity contribution in [3.05, 3.63) is 47.0 Å². The van der Waals surface area contributed by atoms with E-state index in [1.54, 1.807) is 12.1 Å². The Morgan fingerprint density at radius 1 is 0.884 bits per heavy atom. The molecular formula is C38H54FN3O. The van der Waals surface area contributed by atoms with E-state index in [1.165, 1.54) is 68.8 Å². The van der Waals surface area contributed by atoms with Gasteiger partial charge in [0.25, 0.3) is 0 Å². The number of aromatic nitrogens is 3. The Morgan fingerprint density at radius 3 is 2.42 bits per heavy atom. The lowest BCUT2D eigenvalue weighted by molar-refractivity contribution is -0.246. The molecule has 234 valence electrons. The standard InChI is InChI=1S/C38H54FN3O/c1-32(2)16-18-38-19-17-35(6)26(30(38)37(32,8)43-23-38)12-13-29-34(5)21-27-31(33(3,4)28(34)14-15-36(29,35)7)42(41-40-27)22-24-10-9-11-25(39)20-24/h9-11,20,26,28-30H,12-19,21-23H2,1-8H3/t26-,28+,29-,30+,34+,35-,36-,37-,38-/m1/s1. The second-order valence-electron chi connectivity index (χ2n) is 18.4. The zero-order valence-electron chi connectivity index (χ0n) is 28.0. The van der Waals surface area contributed by atoms with Crippen LogP contribution in [0.4, 0.5) is 4.39 Å². The summed E-state index contributed by atoms with van der Waals surface area (Å²) in [7, 11) is 0. The summed E-state index contributed by atoms with van der Waals surface area (Å²) in [5.74, 6) is 2.50. The molecule has 2 aromatic rings. The topological polar surface area (TPSA) is 39.9 Å². The quantitative estimate of drug-likeness (QED) is 0.353. The van der Waals surface area contributed by atoms with Crippen molar-refractivity contribution in [1.82, 2.24) is 15.0 Å². The molecule has 0 amide bonds.